The van der Waals surface area contributed by atoms with Crippen molar-refractivity contribution >= 4 is 0 Å². The number of nitrogens with one attached hydrogen (secondary N) is 1. The van der Waals surface area contributed by atoms with Gasteiger partial charge in [0.25, 0.3) is 0 Å². The van der Waals surface area contributed by atoms with Crippen molar-refractivity contribution in [3.8, 4) is 0 Å². The van der Waals surface area contributed by atoms with Crippen molar-refractivity contribution in [2.75, 3.05) is 13.2 Å². The molecule has 1 spiro atoms. The van der Waals surface area contributed by atoms with Gasteiger partial charge in [-0.25, -0.2) is 0 Å². The van der Waals surface area contributed by atoms with Gasteiger partial charge in [-0.2, -0.15) is 0 Å². The number of hydrogen-bond acceptors (Lipinski definition) is 2. The van der Waals surface area contributed by atoms with Crippen molar-refractivity contribution in [1.29, 1.82) is 0 Å². The molecule has 0 bridgehead atoms. The van der Waals surface area contributed by atoms with E-state index >= 15 is 0 Å². The molecule has 3 fully saturated rings. The zero-order chi connectivity index (χ0) is 14.5. The van der Waals surface area contributed by atoms with E-state index in [9.17, 15) is 0 Å². The van der Waals surface area contributed by atoms with Crippen LogP contribution in [0.25, 0.3) is 0 Å². The Morgan fingerprint density at radius 2 is 1.67 bits per heavy atom. The first kappa shape index (κ1) is 15.8. The van der Waals surface area contributed by atoms with Gasteiger partial charge < -0.3 is 10.1 Å². The molecule has 1 aliphatic heterocycles. The summed E-state index contributed by atoms with van der Waals surface area (Å²) in [6.07, 6.45) is 16.8. The van der Waals surface area contributed by atoms with E-state index in [1.807, 2.05) is 0 Å². The topological polar surface area (TPSA) is 21.3 Å². The maximum Gasteiger partial charge on any atom is 0.0685 e. The number of rotatable bonds is 4. The van der Waals surface area contributed by atoms with Crippen LogP contribution in [0.1, 0.15) is 84.0 Å². The lowest BCUT2D eigenvalue weighted by Gasteiger charge is -2.47. The van der Waals surface area contributed by atoms with Crippen LogP contribution in [0.3, 0.4) is 0 Å². The minimum atomic E-state index is 0.267. The molecule has 0 amide bonds. The summed E-state index contributed by atoms with van der Waals surface area (Å²) in [6.45, 7) is 4.43. The van der Waals surface area contributed by atoms with Gasteiger partial charge in [0.15, 0.2) is 0 Å². The Hall–Kier alpha value is -0.0800. The van der Waals surface area contributed by atoms with E-state index in [0.717, 1.165) is 31.0 Å². The number of ether oxygens (including phenoxy) is 1. The summed E-state index contributed by atoms with van der Waals surface area (Å²) in [4.78, 5) is 0. The standard InChI is InChI=1S/C19H35NO/c1-2-20-18(16-9-5-3-6-10-16)17-11-14-21-19(15-17)12-7-4-8-13-19/h16-18,20H,2-15H2,1H3. The molecular weight excluding hydrogens is 258 g/mol. The van der Waals surface area contributed by atoms with Gasteiger partial charge in [-0.1, -0.05) is 45.4 Å². The van der Waals surface area contributed by atoms with Crippen LogP contribution < -0.4 is 5.32 Å². The summed E-state index contributed by atoms with van der Waals surface area (Å²) < 4.78 is 6.32. The van der Waals surface area contributed by atoms with Crippen LogP contribution in [0.5, 0.6) is 0 Å². The summed E-state index contributed by atoms with van der Waals surface area (Å²) in [5.41, 5.74) is 0.267. The minimum absolute atomic E-state index is 0.267. The third kappa shape index (κ3) is 3.82. The lowest BCUT2D eigenvalue weighted by atomic mass is 9.70. The lowest BCUT2D eigenvalue weighted by Crippen LogP contribution is -2.50. The van der Waals surface area contributed by atoms with Crippen LogP contribution in [0, 0.1) is 11.8 Å². The van der Waals surface area contributed by atoms with E-state index in [0.29, 0.717) is 0 Å². The van der Waals surface area contributed by atoms with E-state index in [2.05, 4.69) is 12.2 Å². The van der Waals surface area contributed by atoms with Crippen molar-refractivity contribution in [3.63, 3.8) is 0 Å². The molecule has 2 atom stereocenters. The molecule has 21 heavy (non-hydrogen) atoms. The zero-order valence-corrected chi connectivity index (χ0v) is 14.0. The molecule has 3 rings (SSSR count). The average Bonchev–Trinajstić information content (AvgIpc) is 2.54. The van der Waals surface area contributed by atoms with Gasteiger partial charge in [-0.15, -0.1) is 0 Å². The van der Waals surface area contributed by atoms with Crippen molar-refractivity contribution < 1.29 is 4.74 Å². The Morgan fingerprint density at radius 3 is 2.38 bits per heavy atom. The largest absolute Gasteiger partial charge is 0.375 e. The highest BCUT2D eigenvalue weighted by Crippen LogP contribution is 2.43. The first-order valence-electron chi connectivity index (χ1n) is 9.70. The van der Waals surface area contributed by atoms with Crippen LogP contribution in [0.2, 0.25) is 0 Å². The second-order valence-corrected chi connectivity index (χ2v) is 7.83. The highest BCUT2D eigenvalue weighted by atomic mass is 16.5. The maximum atomic E-state index is 6.32. The Labute approximate surface area is 131 Å². The molecule has 3 aliphatic rings. The van der Waals surface area contributed by atoms with Gasteiger partial charge in [0.05, 0.1) is 5.60 Å². The molecule has 1 heterocycles. The molecule has 0 aromatic heterocycles. The fourth-order valence-electron chi connectivity index (χ4n) is 5.36. The molecule has 0 radical (unpaired) electrons. The van der Waals surface area contributed by atoms with Crippen LogP contribution in [-0.4, -0.2) is 24.8 Å². The summed E-state index contributed by atoms with van der Waals surface area (Å²) in [7, 11) is 0. The van der Waals surface area contributed by atoms with Gasteiger partial charge in [0.2, 0.25) is 0 Å². The second kappa shape index (κ2) is 7.46. The summed E-state index contributed by atoms with van der Waals surface area (Å²) in [5.74, 6) is 1.79. The molecule has 0 aromatic carbocycles. The van der Waals surface area contributed by atoms with E-state index in [4.69, 9.17) is 4.74 Å². The third-order valence-corrected chi connectivity index (χ3v) is 6.40. The molecule has 122 valence electrons. The van der Waals surface area contributed by atoms with Crippen molar-refractivity contribution in [2.45, 2.75) is 95.6 Å². The summed E-state index contributed by atoms with van der Waals surface area (Å²) >= 11 is 0. The molecule has 1 N–H and O–H groups in total. The fourth-order valence-corrected chi connectivity index (χ4v) is 5.36. The second-order valence-electron chi connectivity index (χ2n) is 7.83. The molecular formula is C19H35NO. The highest BCUT2D eigenvalue weighted by molar-refractivity contribution is 4.95. The summed E-state index contributed by atoms with van der Waals surface area (Å²) in [6, 6.07) is 0.762. The average molecular weight is 293 g/mol. The Balaban J connectivity index is 1.66. The monoisotopic (exact) mass is 293 g/mol. The molecule has 2 saturated carbocycles. The molecule has 2 aliphatic carbocycles. The minimum Gasteiger partial charge on any atom is -0.375 e. The summed E-state index contributed by atoms with van der Waals surface area (Å²) in [5, 5.41) is 3.89. The third-order valence-electron chi connectivity index (χ3n) is 6.40. The molecule has 1 saturated heterocycles. The maximum absolute atomic E-state index is 6.32. The first-order chi connectivity index (χ1) is 10.3. The van der Waals surface area contributed by atoms with Crippen molar-refractivity contribution in [3.05, 3.63) is 0 Å². The van der Waals surface area contributed by atoms with E-state index < -0.39 is 0 Å². The predicted octanol–water partition coefficient (Wildman–Crippen LogP) is 4.67. The highest BCUT2D eigenvalue weighted by Gasteiger charge is 2.42. The van der Waals surface area contributed by atoms with Crippen LogP contribution in [0.15, 0.2) is 0 Å². The van der Waals surface area contributed by atoms with Gasteiger partial charge in [0, 0.05) is 12.6 Å². The molecule has 2 nitrogen and oxygen atoms in total. The SMILES string of the molecule is CCNC(C1CCCCC1)C1CCOC2(CCCCC2)C1. The van der Waals surface area contributed by atoms with E-state index in [1.54, 1.807) is 0 Å². The predicted molar refractivity (Wildman–Crippen MR) is 88.5 cm³/mol. The Morgan fingerprint density at radius 1 is 0.952 bits per heavy atom. The molecule has 0 aromatic rings. The van der Waals surface area contributed by atoms with Gasteiger partial charge in [-0.3, -0.25) is 0 Å². The normalized spacial score (nSPS) is 32.1. The Kier molecular flexibility index (Phi) is 5.61. The smallest absolute Gasteiger partial charge is 0.0685 e. The molecule has 2 heteroatoms. The zero-order valence-electron chi connectivity index (χ0n) is 14.0. The van der Waals surface area contributed by atoms with Crippen molar-refractivity contribution in [1.82, 2.24) is 5.32 Å². The Bertz CT molecular complexity index is 299. The van der Waals surface area contributed by atoms with Gasteiger partial charge >= 0.3 is 0 Å². The van der Waals surface area contributed by atoms with Gasteiger partial charge in [0.1, 0.15) is 0 Å². The van der Waals surface area contributed by atoms with E-state index in [-0.39, 0.29) is 5.60 Å². The number of hydrogen-bond donors (Lipinski definition) is 1. The van der Waals surface area contributed by atoms with Gasteiger partial charge in [-0.05, 0) is 56.9 Å². The quantitative estimate of drug-likeness (QED) is 0.813. The van der Waals surface area contributed by atoms with Crippen LogP contribution >= 0.6 is 0 Å². The van der Waals surface area contributed by atoms with Crippen LogP contribution in [-0.2, 0) is 4.74 Å². The van der Waals surface area contributed by atoms with E-state index in [1.165, 1.54) is 77.0 Å². The van der Waals surface area contributed by atoms with Crippen LogP contribution in [0.4, 0.5) is 0 Å². The lowest BCUT2D eigenvalue weighted by molar-refractivity contribution is -0.124. The first-order valence-corrected chi connectivity index (χ1v) is 9.70. The van der Waals surface area contributed by atoms with Crippen molar-refractivity contribution in [2.24, 2.45) is 11.8 Å². The fraction of sp³-hybridized carbons (Fsp3) is 1.00. The molecule has 2 unspecified atom stereocenters.